The lowest BCUT2D eigenvalue weighted by Crippen LogP contribution is -2.18. The molecule has 144 valence electrons. The van der Waals surface area contributed by atoms with Crippen LogP contribution in [0.15, 0.2) is 59.4 Å². The van der Waals surface area contributed by atoms with Crippen molar-refractivity contribution >= 4 is 34.8 Å². The molecule has 0 bridgehead atoms. The largest absolute Gasteiger partial charge is 0.306 e. The molecule has 0 aliphatic heterocycles. The zero-order valence-electron chi connectivity index (χ0n) is 14.5. The van der Waals surface area contributed by atoms with E-state index in [-0.39, 0.29) is 22.8 Å². The molecule has 0 spiro atoms. The number of amides is 1. The van der Waals surface area contributed by atoms with Crippen molar-refractivity contribution < 1.29 is 9.72 Å². The number of benzene rings is 2. The maximum absolute atomic E-state index is 12.5. The molecule has 4 aromatic rings. The normalized spacial score (nSPS) is 10.8. The Balaban J connectivity index is 1.72. The maximum atomic E-state index is 12.5. The maximum Gasteiger partial charge on any atom is 0.270 e. The van der Waals surface area contributed by atoms with E-state index in [2.05, 4.69) is 20.4 Å². The molecule has 29 heavy (non-hydrogen) atoms. The highest BCUT2D eigenvalue weighted by Gasteiger charge is 2.16. The number of nitrogens with one attached hydrogen (secondary N) is 2. The summed E-state index contributed by atoms with van der Waals surface area (Å²) in [5.74, 6) is -0.136. The number of nitrogens with zero attached hydrogens (tertiary/aromatic N) is 4. The average molecular weight is 411 g/mol. The molecule has 0 radical (unpaired) electrons. The molecule has 0 unspecified atom stereocenters. The molecular formula is C18H11ClN6O4. The van der Waals surface area contributed by atoms with E-state index in [1.807, 2.05) is 0 Å². The van der Waals surface area contributed by atoms with Gasteiger partial charge in [0.05, 0.1) is 4.92 Å². The number of halogens is 1. The Hall–Kier alpha value is -4.05. The average Bonchev–Trinajstić information content (AvgIpc) is 3.12. The van der Waals surface area contributed by atoms with Gasteiger partial charge in [-0.25, -0.2) is 0 Å². The predicted molar refractivity (Wildman–Crippen MR) is 105 cm³/mol. The van der Waals surface area contributed by atoms with Gasteiger partial charge in [0, 0.05) is 34.3 Å². The lowest BCUT2D eigenvalue weighted by molar-refractivity contribution is -0.384. The number of rotatable bonds is 4. The predicted octanol–water partition coefficient (Wildman–Crippen LogP) is 2.90. The first-order chi connectivity index (χ1) is 13.9. The van der Waals surface area contributed by atoms with Crippen molar-refractivity contribution in [2.24, 2.45) is 0 Å². The highest BCUT2D eigenvalue weighted by molar-refractivity contribution is 6.30. The third-order valence-corrected chi connectivity index (χ3v) is 4.25. The van der Waals surface area contributed by atoms with Crippen molar-refractivity contribution in [3.63, 3.8) is 0 Å². The van der Waals surface area contributed by atoms with Gasteiger partial charge in [-0.15, -0.1) is 5.10 Å². The minimum atomic E-state index is -0.635. The van der Waals surface area contributed by atoms with E-state index < -0.39 is 16.4 Å². The number of carbonyl (C=O) groups is 1. The summed E-state index contributed by atoms with van der Waals surface area (Å²) in [6.07, 6.45) is 0. The van der Waals surface area contributed by atoms with Gasteiger partial charge < -0.3 is 5.32 Å². The zero-order chi connectivity index (χ0) is 20.5. The molecule has 0 atom stereocenters. The number of hydrogen-bond acceptors (Lipinski definition) is 6. The summed E-state index contributed by atoms with van der Waals surface area (Å²) in [5, 5.41) is 18.3. The molecular weight excluding hydrogens is 400 g/mol. The third kappa shape index (κ3) is 3.69. The van der Waals surface area contributed by atoms with Gasteiger partial charge in [-0.05, 0) is 30.3 Å². The summed E-state index contributed by atoms with van der Waals surface area (Å²) in [5.41, 5.74) is 0.00182. The number of H-pyrrole nitrogens is 1. The SMILES string of the molecule is O=C(Nc1cc(=O)[nH]c2nc(-c3ccc(Cl)cc3)nn12)c1cccc([N+](=O)[O-])c1. The van der Waals surface area contributed by atoms with Crippen LogP contribution in [0.3, 0.4) is 0 Å². The highest BCUT2D eigenvalue weighted by atomic mass is 35.5. The van der Waals surface area contributed by atoms with E-state index in [1.54, 1.807) is 24.3 Å². The first-order valence-electron chi connectivity index (χ1n) is 8.22. The van der Waals surface area contributed by atoms with Gasteiger partial charge >= 0.3 is 0 Å². The number of aromatic nitrogens is 4. The van der Waals surface area contributed by atoms with Crippen molar-refractivity contribution in [1.29, 1.82) is 0 Å². The number of non-ortho nitro benzene ring substituents is 1. The van der Waals surface area contributed by atoms with Gasteiger partial charge in [0.25, 0.3) is 17.2 Å². The lowest BCUT2D eigenvalue weighted by Gasteiger charge is -2.06. The van der Waals surface area contributed by atoms with Crippen molar-refractivity contribution in [1.82, 2.24) is 19.6 Å². The smallest absolute Gasteiger partial charge is 0.270 e. The lowest BCUT2D eigenvalue weighted by atomic mass is 10.2. The zero-order valence-corrected chi connectivity index (χ0v) is 15.3. The quantitative estimate of drug-likeness (QED) is 0.392. The van der Waals surface area contributed by atoms with Crippen molar-refractivity contribution in [3.8, 4) is 11.4 Å². The minimum Gasteiger partial charge on any atom is -0.306 e. The van der Waals surface area contributed by atoms with Crippen LogP contribution < -0.4 is 10.9 Å². The number of carbonyl (C=O) groups excluding carboxylic acids is 1. The van der Waals surface area contributed by atoms with Crippen LogP contribution in [0.5, 0.6) is 0 Å². The molecule has 11 heteroatoms. The molecule has 2 aromatic carbocycles. The topological polar surface area (TPSA) is 135 Å². The monoisotopic (exact) mass is 410 g/mol. The Labute approximate surface area is 166 Å². The molecule has 10 nitrogen and oxygen atoms in total. The van der Waals surface area contributed by atoms with Crippen molar-refractivity contribution in [3.05, 3.63) is 85.7 Å². The van der Waals surface area contributed by atoms with Gasteiger partial charge in [-0.3, -0.25) is 24.7 Å². The van der Waals surface area contributed by atoms with Crippen molar-refractivity contribution in [2.45, 2.75) is 0 Å². The van der Waals surface area contributed by atoms with Crippen LogP contribution in [0.25, 0.3) is 17.2 Å². The van der Waals surface area contributed by atoms with Crippen LogP contribution >= 0.6 is 11.6 Å². The molecule has 0 fully saturated rings. The van der Waals surface area contributed by atoms with Crippen LogP contribution in [0.1, 0.15) is 10.4 Å². The van der Waals surface area contributed by atoms with Crippen LogP contribution in [0, 0.1) is 10.1 Å². The van der Waals surface area contributed by atoms with Gasteiger partial charge in [-0.2, -0.15) is 9.50 Å². The number of anilines is 1. The fourth-order valence-corrected chi connectivity index (χ4v) is 2.78. The standard InChI is InChI=1S/C18H11ClN6O4/c19-12-6-4-10(5-7-12)16-22-18-21-15(26)9-14(24(18)23-16)20-17(27)11-2-1-3-13(8-11)25(28)29/h1-9H,(H,20,27)(H,21,22,23,26). The van der Waals surface area contributed by atoms with Crippen molar-refractivity contribution in [2.75, 3.05) is 5.32 Å². The summed E-state index contributed by atoms with van der Waals surface area (Å²) in [4.78, 5) is 41.6. The van der Waals surface area contributed by atoms with Gasteiger partial charge in [0.15, 0.2) is 5.82 Å². The van der Waals surface area contributed by atoms with Crippen LogP contribution in [0.2, 0.25) is 5.02 Å². The number of nitro benzene ring substituents is 1. The number of nitro groups is 1. The molecule has 2 aromatic heterocycles. The second-order valence-electron chi connectivity index (χ2n) is 5.96. The van der Waals surface area contributed by atoms with E-state index in [0.29, 0.717) is 16.4 Å². The van der Waals surface area contributed by atoms with E-state index in [0.717, 1.165) is 12.1 Å². The van der Waals surface area contributed by atoms with Gasteiger partial charge in [0.1, 0.15) is 5.82 Å². The molecule has 1 amide bonds. The Kier molecular flexibility index (Phi) is 4.53. The molecule has 0 aliphatic rings. The molecule has 0 saturated carbocycles. The third-order valence-electron chi connectivity index (χ3n) is 4.00. The fraction of sp³-hybridized carbons (Fsp3) is 0. The number of fused-ring (bicyclic) bond motifs is 1. The van der Waals surface area contributed by atoms with E-state index in [9.17, 15) is 19.7 Å². The summed E-state index contributed by atoms with van der Waals surface area (Å²) in [7, 11) is 0. The van der Waals surface area contributed by atoms with Gasteiger partial charge in [0.2, 0.25) is 5.78 Å². The molecule has 0 aliphatic carbocycles. The first kappa shape index (κ1) is 18.3. The highest BCUT2D eigenvalue weighted by Crippen LogP contribution is 2.20. The van der Waals surface area contributed by atoms with Crippen LogP contribution in [0.4, 0.5) is 11.5 Å². The fourth-order valence-electron chi connectivity index (χ4n) is 2.65. The van der Waals surface area contributed by atoms with Gasteiger partial charge in [-0.1, -0.05) is 17.7 Å². The Morgan fingerprint density at radius 2 is 1.93 bits per heavy atom. The van der Waals surface area contributed by atoms with Crippen LogP contribution in [-0.4, -0.2) is 30.4 Å². The minimum absolute atomic E-state index is 0.0608. The Bertz CT molecular complexity index is 1310. The second-order valence-corrected chi connectivity index (χ2v) is 6.39. The number of aromatic amines is 1. The Morgan fingerprint density at radius 3 is 2.66 bits per heavy atom. The Morgan fingerprint density at radius 1 is 1.17 bits per heavy atom. The second kappa shape index (κ2) is 7.17. The summed E-state index contributed by atoms with van der Waals surface area (Å²) in [6, 6.07) is 13.2. The number of hydrogen-bond donors (Lipinski definition) is 2. The van der Waals surface area contributed by atoms with E-state index >= 15 is 0 Å². The summed E-state index contributed by atoms with van der Waals surface area (Å²) < 4.78 is 1.26. The molecule has 2 heterocycles. The first-order valence-corrected chi connectivity index (χ1v) is 8.60. The van der Waals surface area contributed by atoms with Crippen LogP contribution in [-0.2, 0) is 0 Å². The summed E-state index contributed by atoms with van der Waals surface area (Å²) in [6.45, 7) is 0. The molecule has 0 saturated heterocycles. The molecule has 4 rings (SSSR count). The van der Waals surface area contributed by atoms with E-state index in [4.69, 9.17) is 11.6 Å². The van der Waals surface area contributed by atoms with E-state index in [1.165, 1.54) is 22.7 Å². The molecule has 2 N–H and O–H groups in total. The summed E-state index contributed by atoms with van der Waals surface area (Å²) >= 11 is 5.89.